The van der Waals surface area contributed by atoms with Crippen molar-refractivity contribution < 1.29 is 9.53 Å². The zero-order valence-corrected chi connectivity index (χ0v) is 17.4. The second-order valence-corrected chi connectivity index (χ2v) is 8.10. The minimum Gasteiger partial charge on any atom is -0.497 e. The van der Waals surface area contributed by atoms with Crippen molar-refractivity contribution in [2.45, 2.75) is 32.7 Å². The Balaban J connectivity index is 1.72. The van der Waals surface area contributed by atoms with Gasteiger partial charge in [-0.25, -0.2) is 4.79 Å². The zero-order valence-electron chi connectivity index (χ0n) is 17.4. The van der Waals surface area contributed by atoms with Gasteiger partial charge in [-0.2, -0.15) is 0 Å². The number of urea groups is 1. The normalized spacial score (nSPS) is 16.1. The zero-order chi connectivity index (χ0) is 20.4. The van der Waals surface area contributed by atoms with E-state index in [1.165, 1.54) is 10.9 Å². The van der Waals surface area contributed by atoms with Crippen LogP contribution < -0.4 is 10.1 Å². The Labute approximate surface area is 172 Å². The smallest absolute Gasteiger partial charge is 0.318 e. The summed E-state index contributed by atoms with van der Waals surface area (Å²) in [5.74, 6) is 1.38. The Morgan fingerprint density at radius 1 is 1.21 bits per heavy atom. The third-order valence-electron chi connectivity index (χ3n) is 5.72. The molecule has 0 saturated carbocycles. The molecule has 0 spiro atoms. The molecule has 0 bridgehead atoms. The van der Waals surface area contributed by atoms with Crippen molar-refractivity contribution in [2.75, 3.05) is 20.2 Å². The predicted molar refractivity (Wildman–Crippen MR) is 116 cm³/mol. The van der Waals surface area contributed by atoms with E-state index in [1.807, 2.05) is 23.1 Å². The lowest BCUT2D eigenvalue weighted by atomic mass is 9.92. The van der Waals surface area contributed by atoms with Gasteiger partial charge >= 0.3 is 6.03 Å². The Kier molecular flexibility index (Phi) is 5.47. The Hall–Kier alpha value is -2.95. The first-order valence-electron chi connectivity index (χ1n) is 10.4. The summed E-state index contributed by atoms with van der Waals surface area (Å²) in [5, 5.41) is 4.37. The molecule has 4 rings (SSSR count). The maximum absolute atomic E-state index is 13.1. The highest BCUT2D eigenvalue weighted by Gasteiger charge is 2.34. The van der Waals surface area contributed by atoms with Crippen molar-refractivity contribution in [2.24, 2.45) is 5.92 Å². The number of amides is 2. The van der Waals surface area contributed by atoms with Gasteiger partial charge < -0.3 is 19.9 Å². The minimum atomic E-state index is -0.142. The molecule has 5 nitrogen and oxygen atoms in total. The lowest BCUT2D eigenvalue weighted by Gasteiger charge is -2.36. The van der Waals surface area contributed by atoms with Crippen LogP contribution in [0, 0.1) is 5.92 Å². The number of H-pyrrole nitrogens is 1. The van der Waals surface area contributed by atoms with Crippen LogP contribution in [0.15, 0.2) is 48.5 Å². The molecule has 5 heteroatoms. The van der Waals surface area contributed by atoms with Crippen LogP contribution in [0.4, 0.5) is 4.79 Å². The maximum Gasteiger partial charge on any atom is 0.318 e. The van der Waals surface area contributed by atoms with Crippen LogP contribution >= 0.6 is 0 Å². The molecule has 1 aliphatic heterocycles. The fourth-order valence-electron chi connectivity index (χ4n) is 4.16. The van der Waals surface area contributed by atoms with E-state index in [-0.39, 0.29) is 12.1 Å². The largest absolute Gasteiger partial charge is 0.497 e. The number of carbonyl (C=O) groups excluding carboxylic acids is 1. The van der Waals surface area contributed by atoms with Crippen molar-refractivity contribution in [3.8, 4) is 5.75 Å². The predicted octanol–water partition coefficient (Wildman–Crippen LogP) is 4.88. The number of rotatable bonds is 5. The Morgan fingerprint density at radius 2 is 1.97 bits per heavy atom. The van der Waals surface area contributed by atoms with Gasteiger partial charge in [0.05, 0.1) is 13.2 Å². The van der Waals surface area contributed by atoms with Gasteiger partial charge in [-0.3, -0.25) is 0 Å². The molecular formula is C24H29N3O2. The van der Waals surface area contributed by atoms with Crippen LogP contribution in [-0.4, -0.2) is 36.1 Å². The lowest BCUT2D eigenvalue weighted by Crippen LogP contribution is -2.46. The van der Waals surface area contributed by atoms with Crippen molar-refractivity contribution >= 4 is 16.9 Å². The first-order valence-corrected chi connectivity index (χ1v) is 10.4. The SMILES string of the molecule is COc1ccc([C@H]2c3[nH]c4ccccc4c3CCN2C(=O)NCCC(C)C)cc1. The molecule has 152 valence electrons. The van der Waals surface area contributed by atoms with Crippen molar-refractivity contribution in [1.82, 2.24) is 15.2 Å². The molecule has 2 N–H and O–H groups in total. The molecule has 0 aliphatic carbocycles. The quantitative estimate of drug-likeness (QED) is 0.651. The number of benzene rings is 2. The topological polar surface area (TPSA) is 57.4 Å². The highest BCUT2D eigenvalue weighted by molar-refractivity contribution is 5.86. The van der Waals surface area contributed by atoms with Gasteiger partial charge in [-0.05, 0) is 48.1 Å². The van der Waals surface area contributed by atoms with E-state index in [0.717, 1.165) is 35.4 Å². The Bertz CT molecular complexity index is 991. The number of nitrogens with zero attached hydrogens (tertiary/aromatic N) is 1. The van der Waals surface area contributed by atoms with E-state index in [4.69, 9.17) is 4.74 Å². The van der Waals surface area contributed by atoms with Gasteiger partial charge in [0.25, 0.3) is 0 Å². The molecule has 1 atom stereocenters. The third-order valence-corrected chi connectivity index (χ3v) is 5.72. The van der Waals surface area contributed by atoms with E-state index in [1.54, 1.807) is 7.11 Å². The van der Waals surface area contributed by atoms with Gasteiger partial charge in [0, 0.05) is 29.7 Å². The highest BCUT2D eigenvalue weighted by Crippen LogP contribution is 2.38. The molecule has 1 aromatic heterocycles. The summed E-state index contributed by atoms with van der Waals surface area (Å²) in [5.41, 5.74) is 4.63. The second kappa shape index (κ2) is 8.19. The molecule has 2 amide bonds. The first kappa shape index (κ1) is 19.4. The molecule has 29 heavy (non-hydrogen) atoms. The first-order chi connectivity index (χ1) is 14.1. The van der Waals surface area contributed by atoms with E-state index in [2.05, 4.69) is 54.5 Å². The average Bonchev–Trinajstić information content (AvgIpc) is 3.11. The number of ether oxygens (including phenoxy) is 1. The maximum atomic E-state index is 13.1. The van der Waals surface area contributed by atoms with Crippen LogP contribution in [0.25, 0.3) is 10.9 Å². The van der Waals surface area contributed by atoms with Crippen LogP contribution in [-0.2, 0) is 6.42 Å². The van der Waals surface area contributed by atoms with Gasteiger partial charge in [0.2, 0.25) is 0 Å². The second-order valence-electron chi connectivity index (χ2n) is 8.10. The van der Waals surface area contributed by atoms with Crippen LogP contribution in [0.3, 0.4) is 0 Å². The van der Waals surface area contributed by atoms with Gasteiger partial charge in [0.15, 0.2) is 0 Å². The minimum absolute atomic E-state index is 0.00391. The number of carbonyl (C=O) groups is 1. The number of aromatic nitrogens is 1. The average molecular weight is 392 g/mol. The molecule has 2 heterocycles. The van der Waals surface area contributed by atoms with Crippen LogP contribution in [0.2, 0.25) is 0 Å². The number of aromatic amines is 1. The summed E-state index contributed by atoms with van der Waals surface area (Å²) in [6, 6.07) is 16.3. The fourth-order valence-corrected chi connectivity index (χ4v) is 4.16. The van der Waals surface area contributed by atoms with Gasteiger partial charge in [-0.15, -0.1) is 0 Å². The van der Waals surface area contributed by atoms with Crippen molar-refractivity contribution in [1.29, 1.82) is 0 Å². The van der Waals surface area contributed by atoms with Crippen molar-refractivity contribution in [3.63, 3.8) is 0 Å². The number of hydrogen-bond acceptors (Lipinski definition) is 2. The molecule has 2 aromatic carbocycles. The number of nitrogens with one attached hydrogen (secondary N) is 2. The monoisotopic (exact) mass is 391 g/mol. The summed E-state index contributed by atoms with van der Waals surface area (Å²) in [6.45, 7) is 5.73. The van der Waals surface area contributed by atoms with Crippen molar-refractivity contribution in [3.05, 3.63) is 65.4 Å². The summed E-state index contributed by atoms with van der Waals surface area (Å²) in [7, 11) is 1.67. The van der Waals surface area contributed by atoms with Gasteiger partial charge in [0.1, 0.15) is 5.75 Å². The summed E-state index contributed by atoms with van der Waals surface area (Å²) >= 11 is 0. The van der Waals surface area contributed by atoms with Gasteiger partial charge in [-0.1, -0.05) is 44.2 Å². The molecule has 0 radical (unpaired) electrons. The van der Waals surface area contributed by atoms with Crippen LogP contribution in [0.5, 0.6) is 5.75 Å². The molecular weight excluding hydrogens is 362 g/mol. The Morgan fingerprint density at radius 3 is 2.69 bits per heavy atom. The fraction of sp³-hybridized carbons (Fsp3) is 0.375. The van der Waals surface area contributed by atoms with E-state index < -0.39 is 0 Å². The van der Waals surface area contributed by atoms with E-state index in [0.29, 0.717) is 19.0 Å². The molecule has 3 aromatic rings. The van der Waals surface area contributed by atoms with E-state index >= 15 is 0 Å². The molecule has 0 fully saturated rings. The molecule has 1 aliphatic rings. The van der Waals surface area contributed by atoms with Crippen LogP contribution in [0.1, 0.15) is 43.1 Å². The van der Waals surface area contributed by atoms with E-state index in [9.17, 15) is 4.79 Å². The number of para-hydroxylation sites is 1. The molecule has 0 unspecified atom stereocenters. The lowest BCUT2D eigenvalue weighted by molar-refractivity contribution is 0.179. The summed E-state index contributed by atoms with van der Waals surface area (Å²) in [6.07, 6.45) is 1.83. The summed E-state index contributed by atoms with van der Waals surface area (Å²) in [4.78, 5) is 18.6. The highest BCUT2D eigenvalue weighted by atomic mass is 16.5. The number of fused-ring (bicyclic) bond motifs is 3. The molecule has 0 saturated heterocycles. The summed E-state index contributed by atoms with van der Waals surface area (Å²) < 4.78 is 5.32. The number of methoxy groups -OCH3 is 1. The standard InChI is InChI=1S/C24H29N3O2/c1-16(2)12-14-25-24(28)27-15-13-20-19-6-4-5-7-21(19)26-22(20)23(27)17-8-10-18(29-3)11-9-17/h4-11,16,23,26H,12-15H2,1-3H3,(H,25,28)/t23-/m0/s1. The number of hydrogen-bond donors (Lipinski definition) is 2. The third kappa shape index (κ3) is 3.82.